The van der Waals surface area contributed by atoms with Gasteiger partial charge in [-0.15, -0.1) is 0 Å². The molecule has 0 bridgehead atoms. The van der Waals surface area contributed by atoms with Gasteiger partial charge in [0.25, 0.3) is 0 Å². The monoisotopic (exact) mass is 386 g/mol. The second-order valence-corrected chi connectivity index (χ2v) is 7.32. The molecule has 2 N–H and O–H groups in total. The van der Waals surface area contributed by atoms with Gasteiger partial charge in [-0.05, 0) is 54.4 Å². The molecule has 0 fully saturated rings. The summed E-state index contributed by atoms with van der Waals surface area (Å²) in [6.45, 7) is 5.55. The van der Waals surface area contributed by atoms with E-state index in [0.29, 0.717) is 24.2 Å². The molecule has 1 aliphatic heterocycles. The first-order valence-corrected chi connectivity index (χ1v) is 9.57. The Balaban J connectivity index is 1.68. The molecule has 0 aliphatic carbocycles. The van der Waals surface area contributed by atoms with Gasteiger partial charge in [0.2, 0.25) is 0 Å². The summed E-state index contributed by atoms with van der Waals surface area (Å²) in [4.78, 5) is 0. The molecule has 0 aromatic heterocycles. The lowest BCUT2D eigenvalue weighted by Gasteiger charge is -2.24. The van der Waals surface area contributed by atoms with E-state index in [1.54, 1.807) is 7.11 Å². The van der Waals surface area contributed by atoms with Crippen molar-refractivity contribution in [1.29, 1.82) is 0 Å². The minimum Gasteiger partial charge on any atom is -0.497 e. The normalized spacial score (nSPS) is 13.8. The molecule has 1 aliphatic rings. The minimum absolute atomic E-state index is 0.119. The van der Waals surface area contributed by atoms with Crippen LogP contribution in [0.5, 0.6) is 17.2 Å². The average Bonchev–Trinajstić information content (AvgIpc) is 2.67. The molecule has 0 saturated carbocycles. The molecule has 0 amide bonds. The van der Waals surface area contributed by atoms with Crippen molar-refractivity contribution in [2.75, 3.05) is 25.6 Å². The summed E-state index contributed by atoms with van der Waals surface area (Å²) in [6.07, 6.45) is 0.968. The van der Waals surface area contributed by atoms with Gasteiger partial charge in [0.15, 0.2) is 16.6 Å². The van der Waals surface area contributed by atoms with Gasteiger partial charge in [-0.2, -0.15) is 0 Å². The van der Waals surface area contributed by atoms with Gasteiger partial charge in [0.05, 0.1) is 13.2 Å². The summed E-state index contributed by atoms with van der Waals surface area (Å²) >= 11 is 5.55. The molecular formula is C21H26N2O3S. The first-order chi connectivity index (χ1) is 13.0. The van der Waals surface area contributed by atoms with Gasteiger partial charge in [-0.1, -0.05) is 26.0 Å². The SMILES string of the molecule is COc1ccc([C@H](CC(C)C)NC(=S)Nc2ccc3c(c2)OCCO3)cc1. The fraction of sp³-hybridized carbons (Fsp3) is 0.381. The van der Waals surface area contributed by atoms with Gasteiger partial charge >= 0.3 is 0 Å². The van der Waals surface area contributed by atoms with Crippen LogP contribution in [-0.4, -0.2) is 25.4 Å². The first kappa shape index (κ1) is 19.3. The molecular weight excluding hydrogens is 360 g/mol. The van der Waals surface area contributed by atoms with Gasteiger partial charge < -0.3 is 24.8 Å². The third kappa shape index (κ3) is 5.26. The lowest BCUT2D eigenvalue weighted by molar-refractivity contribution is 0.171. The summed E-state index contributed by atoms with van der Waals surface area (Å²) in [7, 11) is 1.67. The highest BCUT2D eigenvalue weighted by atomic mass is 32.1. The van der Waals surface area contributed by atoms with Crippen LogP contribution >= 0.6 is 12.2 Å². The zero-order valence-corrected chi connectivity index (χ0v) is 16.8. The summed E-state index contributed by atoms with van der Waals surface area (Å²) in [5.74, 6) is 2.88. The molecule has 0 spiro atoms. The molecule has 144 valence electrons. The van der Waals surface area contributed by atoms with Crippen LogP contribution in [0.1, 0.15) is 31.9 Å². The summed E-state index contributed by atoms with van der Waals surface area (Å²) in [6, 6.07) is 14.0. The molecule has 6 heteroatoms. The molecule has 0 saturated heterocycles. The maximum absolute atomic E-state index is 5.63. The number of methoxy groups -OCH3 is 1. The molecule has 0 radical (unpaired) electrons. The quantitative estimate of drug-likeness (QED) is 0.711. The van der Waals surface area contributed by atoms with Gasteiger partial charge in [0.1, 0.15) is 19.0 Å². The van der Waals surface area contributed by atoms with E-state index >= 15 is 0 Å². The fourth-order valence-corrected chi connectivity index (χ4v) is 3.29. The van der Waals surface area contributed by atoms with Crippen molar-refractivity contribution in [3.8, 4) is 17.2 Å². The Labute approximate surface area is 166 Å². The number of rotatable bonds is 6. The van der Waals surface area contributed by atoms with E-state index in [9.17, 15) is 0 Å². The van der Waals surface area contributed by atoms with Gasteiger partial charge in [-0.25, -0.2) is 0 Å². The van der Waals surface area contributed by atoms with Crippen LogP contribution in [0.3, 0.4) is 0 Å². The molecule has 2 aromatic carbocycles. The number of ether oxygens (including phenoxy) is 3. The highest BCUT2D eigenvalue weighted by molar-refractivity contribution is 7.80. The molecule has 1 heterocycles. The van der Waals surface area contributed by atoms with E-state index in [1.807, 2.05) is 30.3 Å². The Morgan fingerprint density at radius 1 is 1.07 bits per heavy atom. The molecule has 27 heavy (non-hydrogen) atoms. The molecule has 1 atom stereocenters. The fourth-order valence-electron chi connectivity index (χ4n) is 3.03. The number of nitrogens with one attached hydrogen (secondary N) is 2. The molecule has 0 unspecified atom stereocenters. The Kier molecular flexibility index (Phi) is 6.40. The van der Waals surface area contributed by atoms with E-state index in [-0.39, 0.29) is 6.04 Å². The van der Waals surface area contributed by atoms with Crippen molar-refractivity contribution in [1.82, 2.24) is 5.32 Å². The van der Waals surface area contributed by atoms with E-state index in [4.69, 9.17) is 26.4 Å². The van der Waals surface area contributed by atoms with Crippen LogP contribution in [0.4, 0.5) is 5.69 Å². The summed E-state index contributed by atoms with van der Waals surface area (Å²) in [5, 5.41) is 7.26. The van der Waals surface area contributed by atoms with Crippen LogP contribution < -0.4 is 24.8 Å². The Bertz CT molecular complexity index is 777. The van der Waals surface area contributed by atoms with Gasteiger partial charge in [-0.3, -0.25) is 0 Å². The van der Waals surface area contributed by atoms with Crippen molar-refractivity contribution in [2.45, 2.75) is 26.3 Å². The van der Waals surface area contributed by atoms with Crippen molar-refractivity contribution in [3.63, 3.8) is 0 Å². The van der Waals surface area contributed by atoms with Crippen molar-refractivity contribution < 1.29 is 14.2 Å². The van der Waals surface area contributed by atoms with Crippen molar-refractivity contribution >= 4 is 23.0 Å². The van der Waals surface area contributed by atoms with Crippen molar-refractivity contribution in [3.05, 3.63) is 48.0 Å². The number of hydrogen-bond acceptors (Lipinski definition) is 4. The molecule has 3 rings (SSSR count). The summed E-state index contributed by atoms with van der Waals surface area (Å²) < 4.78 is 16.4. The standard InChI is InChI=1S/C21H26N2O3S/c1-14(2)12-18(15-4-7-17(24-3)8-5-15)23-21(27)22-16-6-9-19-20(13-16)26-11-10-25-19/h4-9,13-14,18H,10-12H2,1-3H3,(H2,22,23,27)/t18-/m0/s1. The highest BCUT2D eigenvalue weighted by Gasteiger charge is 2.16. The van der Waals surface area contributed by atoms with Crippen LogP contribution in [0.25, 0.3) is 0 Å². The predicted octanol–water partition coefficient (Wildman–Crippen LogP) is 4.54. The predicted molar refractivity (Wildman–Crippen MR) is 112 cm³/mol. The van der Waals surface area contributed by atoms with Gasteiger partial charge in [0, 0.05) is 11.8 Å². The lowest BCUT2D eigenvalue weighted by atomic mass is 9.97. The Morgan fingerprint density at radius 2 is 1.78 bits per heavy atom. The number of anilines is 1. The van der Waals surface area contributed by atoms with Crippen molar-refractivity contribution in [2.24, 2.45) is 5.92 Å². The summed E-state index contributed by atoms with van der Waals surface area (Å²) in [5.41, 5.74) is 2.05. The Hall–Kier alpha value is -2.47. The highest BCUT2D eigenvalue weighted by Crippen LogP contribution is 2.32. The van der Waals surface area contributed by atoms with Crippen LogP contribution in [0, 0.1) is 5.92 Å². The van der Waals surface area contributed by atoms with E-state index in [1.165, 1.54) is 5.56 Å². The zero-order chi connectivity index (χ0) is 19.2. The van der Waals surface area contributed by atoms with E-state index in [0.717, 1.165) is 29.4 Å². The largest absolute Gasteiger partial charge is 0.497 e. The first-order valence-electron chi connectivity index (χ1n) is 9.16. The van der Waals surface area contributed by atoms with E-state index < -0.39 is 0 Å². The number of hydrogen-bond donors (Lipinski definition) is 2. The zero-order valence-electron chi connectivity index (χ0n) is 16.0. The van der Waals surface area contributed by atoms with Crippen LogP contribution in [0.2, 0.25) is 0 Å². The average molecular weight is 387 g/mol. The minimum atomic E-state index is 0.119. The van der Waals surface area contributed by atoms with Crippen LogP contribution in [0.15, 0.2) is 42.5 Å². The smallest absolute Gasteiger partial charge is 0.171 e. The maximum atomic E-state index is 5.63. The third-order valence-corrected chi connectivity index (χ3v) is 4.55. The third-order valence-electron chi connectivity index (χ3n) is 4.33. The number of benzene rings is 2. The topological polar surface area (TPSA) is 51.8 Å². The number of fused-ring (bicyclic) bond motifs is 1. The lowest BCUT2D eigenvalue weighted by Crippen LogP contribution is -2.33. The Morgan fingerprint density at radius 3 is 2.44 bits per heavy atom. The second-order valence-electron chi connectivity index (χ2n) is 6.91. The molecule has 5 nitrogen and oxygen atoms in total. The maximum Gasteiger partial charge on any atom is 0.171 e. The van der Waals surface area contributed by atoms with Crippen LogP contribution in [-0.2, 0) is 0 Å². The second kappa shape index (κ2) is 8.95. The number of thiocarbonyl (C=S) groups is 1. The molecule has 2 aromatic rings. The van der Waals surface area contributed by atoms with E-state index in [2.05, 4.69) is 36.6 Å².